The number of halogens is 1. The molecule has 0 atom stereocenters. The zero-order valence-corrected chi connectivity index (χ0v) is 8.78. The summed E-state index contributed by atoms with van der Waals surface area (Å²) in [5.74, 6) is 0. The van der Waals surface area contributed by atoms with Crippen LogP contribution in [0.1, 0.15) is 29.5 Å². The van der Waals surface area contributed by atoms with Crippen molar-refractivity contribution in [3.05, 3.63) is 33.8 Å². The SMILES string of the molecule is Cc1cc(C2(N)CC2)cc(Cl)c1C. The normalized spacial score (nSPS) is 18.8. The van der Waals surface area contributed by atoms with E-state index in [1.165, 1.54) is 11.1 Å². The molecule has 0 unspecified atom stereocenters. The van der Waals surface area contributed by atoms with E-state index in [-0.39, 0.29) is 5.54 Å². The lowest BCUT2D eigenvalue weighted by atomic mass is 10.00. The highest BCUT2D eigenvalue weighted by Gasteiger charge is 2.40. The molecule has 2 rings (SSSR count). The van der Waals surface area contributed by atoms with E-state index in [1.54, 1.807) is 0 Å². The molecule has 0 aliphatic heterocycles. The van der Waals surface area contributed by atoms with Gasteiger partial charge in [0.2, 0.25) is 0 Å². The van der Waals surface area contributed by atoms with Crippen molar-refractivity contribution in [3.8, 4) is 0 Å². The summed E-state index contributed by atoms with van der Waals surface area (Å²) in [5.41, 5.74) is 9.62. The Kier molecular flexibility index (Phi) is 1.90. The summed E-state index contributed by atoms with van der Waals surface area (Å²) >= 11 is 6.10. The predicted molar refractivity (Wildman–Crippen MR) is 56.0 cm³/mol. The first kappa shape index (κ1) is 9.04. The van der Waals surface area contributed by atoms with Crippen LogP contribution < -0.4 is 5.73 Å². The molecule has 0 aromatic heterocycles. The summed E-state index contributed by atoms with van der Waals surface area (Å²) in [6, 6.07) is 4.17. The highest BCUT2D eigenvalue weighted by molar-refractivity contribution is 6.31. The average Bonchev–Trinajstić information content (AvgIpc) is 2.80. The molecule has 1 aliphatic carbocycles. The molecule has 1 saturated carbocycles. The minimum Gasteiger partial charge on any atom is -0.321 e. The van der Waals surface area contributed by atoms with Gasteiger partial charge in [-0.25, -0.2) is 0 Å². The van der Waals surface area contributed by atoms with E-state index < -0.39 is 0 Å². The van der Waals surface area contributed by atoms with E-state index in [1.807, 2.05) is 13.0 Å². The Morgan fingerprint density at radius 1 is 1.31 bits per heavy atom. The van der Waals surface area contributed by atoms with Gasteiger partial charge in [-0.05, 0) is 49.4 Å². The second kappa shape index (κ2) is 2.73. The summed E-state index contributed by atoms with van der Waals surface area (Å²) in [5, 5.41) is 0.840. The fourth-order valence-corrected chi connectivity index (χ4v) is 1.79. The van der Waals surface area contributed by atoms with E-state index in [0.29, 0.717) is 0 Å². The Hall–Kier alpha value is -0.530. The zero-order chi connectivity index (χ0) is 9.64. The van der Waals surface area contributed by atoms with Crippen LogP contribution in [0.2, 0.25) is 5.02 Å². The molecular formula is C11H14ClN. The Labute approximate surface area is 83.9 Å². The van der Waals surface area contributed by atoms with Gasteiger partial charge in [0.15, 0.2) is 0 Å². The third-order valence-electron chi connectivity index (χ3n) is 2.97. The quantitative estimate of drug-likeness (QED) is 0.733. The highest BCUT2D eigenvalue weighted by atomic mass is 35.5. The molecule has 0 heterocycles. The van der Waals surface area contributed by atoms with Crippen LogP contribution in [-0.2, 0) is 5.54 Å². The molecule has 70 valence electrons. The lowest BCUT2D eigenvalue weighted by molar-refractivity contribution is 0.738. The number of nitrogens with two attached hydrogens (primary N) is 1. The van der Waals surface area contributed by atoms with Gasteiger partial charge < -0.3 is 5.73 Å². The lowest BCUT2D eigenvalue weighted by Gasteiger charge is -2.12. The molecule has 0 saturated heterocycles. The number of hydrogen-bond acceptors (Lipinski definition) is 1. The summed E-state index contributed by atoms with van der Waals surface area (Å²) in [4.78, 5) is 0. The highest BCUT2D eigenvalue weighted by Crippen LogP contribution is 2.44. The molecule has 1 fully saturated rings. The fraction of sp³-hybridized carbons (Fsp3) is 0.455. The van der Waals surface area contributed by atoms with Crippen LogP contribution in [-0.4, -0.2) is 0 Å². The van der Waals surface area contributed by atoms with E-state index in [9.17, 15) is 0 Å². The standard InChI is InChI=1S/C11H14ClN/c1-7-5-9(11(13)3-4-11)6-10(12)8(7)2/h5-6H,3-4,13H2,1-2H3. The van der Waals surface area contributed by atoms with E-state index in [0.717, 1.165) is 23.4 Å². The molecule has 0 amide bonds. The predicted octanol–water partition coefficient (Wildman–Crippen LogP) is 2.90. The molecular weight excluding hydrogens is 182 g/mol. The molecule has 0 bridgehead atoms. The maximum absolute atomic E-state index is 6.10. The largest absolute Gasteiger partial charge is 0.321 e. The molecule has 2 N–H and O–H groups in total. The van der Waals surface area contributed by atoms with Gasteiger partial charge in [0.05, 0.1) is 0 Å². The molecule has 0 radical (unpaired) electrons. The first-order valence-corrected chi connectivity index (χ1v) is 4.97. The van der Waals surface area contributed by atoms with Gasteiger partial charge in [-0.3, -0.25) is 0 Å². The van der Waals surface area contributed by atoms with Crippen LogP contribution in [0, 0.1) is 13.8 Å². The lowest BCUT2D eigenvalue weighted by Crippen LogP contribution is -2.18. The average molecular weight is 196 g/mol. The van der Waals surface area contributed by atoms with Crippen LogP contribution >= 0.6 is 11.6 Å². The van der Waals surface area contributed by atoms with Gasteiger partial charge in [-0.1, -0.05) is 17.7 Å². The Morgan fingerprint density at radius 3 is 2.38 bits per heavy atom. The van der Waals surface area contributed by atoms with E-state index in [4.69, 9.17) is 17.3 Å². The first-order chi connectivity index (χ1) is 6.03. The monoisotopic (exact) mass is 195 g/mol. The Morgan fingerprint density at radius 2 is 1.92 bits per heavy atom. The topological polar surface area (TPSA) is 26.0 Å². The van der Waals surface area contributed by atoms with Crippen molar-refractivity contribution in [3.63, 3.8) is 0 Å². The molecule has 2 heteroatoms. The molecule has 1 aromatic rings. The second-order valence-electron chi connectivity index (χ2n) is 4.06. The minimum absolute atomic E-state index is 0.0674. The van der Waals surface area contributed by atoms with Crippen molar-refractivity contribution in [2.24, 2.45) is 5.73 Å². The van der Waals surface area contributed by atoms with Gasteiger partial charge in [0.1, 0.15) is 0 Å². The summed E-state index contributed by atoms with van der Waals surface area (Å²) < 4.78 is 0. The van der Waals surface area contributed by atoms with Gasteiger partial charge in [-0.15, -0.1) is 0 Å². The third-order valence-corrected chi connectivity index (χ3v) is 3.36. The van der Waals surface area contributed by atoms with E-state index in [2.05, 4.69) is 13.0 Å². The van der Waals surface area contributed by atoms with Gasteiger partial charge in [-0.2, -0.15) is 0 Å². The zero-order valence-electron chi connectivity index (χ0n) is 8.02. The number of hydrogen-bond donors (Lipinski definition) is 1. The molecule has 1 aromatic carbocycles. The van der Waals surface area contributed by atoms with Crippen molar-refractivity contribution in [1.82, 2.24) is 0 Å². The van der Waals surface area contributed by atoms with Crippen LogP contribution in [0.5, 0.6) is 0 Å². The maximum Gasteiger partial charge on any atom is 0.0441 e. The van der Waals surface area contributed by atoms with Crippen molar-refractivity contribution in [1.29, 1.82) is 0 Å². The van der Waals surface area contributed by atoms with Crippen molar-refractivity contribution < 1.29 is 0 Å². The Bertz CT molecular complexity index is 330. The van der Waals surface area contributed by atoms with Crippen LogP contribution in [0.25, 0.3) is 0 Å². The number of rotatable bonds is 1. The van der Waals surface area contributed by atoms with Crippen molar-refractivity contribution >= 4 is 11.6 Å². The first-order valence-electron chi connectivity index (χ1n) is 4.59. The van der Waals surface area contributed by atoms with Crippen molar-refractivity contribution in [2.45, 2.75) is 32.2 Å². The van der Waals surface area contributed by atoms with Crippen LogP contribution in [0.15, 0.2) is 12.1 Å². The molecule has 1 aliphatic rings. The summed E-state index contributed by atoms with van der Waals surface area (Å²) in [6.45, 7) is 4.12. The third kappa shape index (κ3) is 1.47. The maximum atomic E-state index is 6.10. The fourth-order valence-electron chi connectivity index (χ4n) is 1.53. The molecule has 1 nitrogen and oxygen atoms in total. The smallest absolute Gasteiger partial charge is 0.0441 e. The molecule has 13 heavy (non-hydrogen) atoms. The molecule has 0 spiro atoms. The van der Waals surface area contributed by atoms with E-state index >= 15 is 0 Å². The summed E-state index contributed by atoms with van der Waals surface area (Å²) in [7, 11) is 0. The van der Waals surface area contributed by atoms with Crippen molar-refractivity contribution in [2.75, 3.05) is 0 Å². The van der Waals surface area contributed by atoms with Crippen LogP contribution in [0.4, 0.5) is 0 Å². The Balaban J connectivity index is 2.50. The minimum atomic E-state index is -0.0674. The van der Waals surface area contributed by atoms with Gasteiger partial charge >= 0.3 is 0 Å². The second-order valence-corrected chi connectivity index (χ2v) is 4.46. The number of benzene rings is 1. The summed E-state index contributed by atoms with van der Waals surface area (Å²) in [6.07, 6.45) is 2.18. The van der Waals surface area contributed by atoms with Crippen LogP contribution in [0.3, 0.4) is 0 Å². The van der Waals surface area contributed by atoms with Gasteiger partial charge in [0.25, 0.3) is 0 Å². The number of aryl methyl sites for hydroxylation is 1. The van der Waals surface area contributed by atoms with Gasteiger partial charge in [0, 0.05) is 10.6 Å².